The molecule has 1 N–H and O–H groups in total. The first-order valence-corrected chi connectivity index (χ1v) is 7.83. The Kier molecular flexibility index (Phi) is 8.59. The molecule has 1 aromatic rings. The van der Waals surface area contributed by atoms with Gasteiger partial charge in [-0.05, 0) is 30.2 Å². The minimum Gasteiger partial charge on any atom is -0.351 e. The van der Waals surface area contributed by atoms with E-state index >= 15 is 0 Å². The highest BCUT2D eigenvalue weighted by molar-refractivity contribution is 6.01. The van der Waals surface area contributed by atoms with Gasteiger partial charge in [0.05, 0.1) is 0 Å². The summed E-state index contributed by atoms with van der Waals surface area (Å²) in [6, 6.07) is 7.68. The first-order valence-electron chi connectivity index (χ1n) is 7.83. The number of unbranched alkanes of at least 4 members (excludes halogenated alkanes) is 5. The molecule has 0 bridgehead atoms. The van der Waals surface area contributed by atoms with Crippen LogP contribution in [0.3, 0.4) is 0 Å². The lowest BCUT2D eigenvalue weighted by atomic mass is 10.1. The molecule has 3 nitrogen and oxygen atoms in total. The number of hydrogen-bond acceptors (Lipinski definition) is 2. The van der Waals surface area contributed by atoms with E-state index in [1.165, 1.54) is 43.9 Å². The first-order chi connectivity index (χ1) is 10.7. The maximum absolute atomic E-state index is 13.1. The molecule has 1 rings (SSSR count). The Morgan fingerprint density at radius 2 is 2.00 bits per heavy atom. The fourth-order valence-corrected chi connectivity index (χ4v) is 2.11. The van der Waals surface area contributed by atoms with E-state index in [0.717, 1.165) is 12.8 Å². The third kappa shape index (κ3) is 7.03. The van der Waals surface area contributed by atoms with Crippen molar-refractivity contribution in [2.75, 3.05) is 6.54 Å². The third-order valence-corrected chi connectivity index (χ3v) is 3.34. The number of nitriles is 1. The monoisotopic (exact) mass is 302 g/mol. The van der Waals surface area contributed by atoms with Gasteiger partial charge in [0.2, 0.25) is 0 Å². The zero-order chi connectivity index (χ0) is 16.2. The number of carbonyl (C=O) groups excluding carboxylic acids is 1. The molecule has 0 spiro atoms. The molecule has 22 heavy (non-hydrogen) atoms. The van der Waals surface area contributed by atoms with Crippen molar-refractivity contribution in [1.82, 2.24) is 5.32 Å². The van der Waals surface area contributed by atoms with Gasteiger partial charge in [-0.3, -0.25) is 4.79 Å². The number of nitrogens with one attached hydrogen (secondary N) is 1. The smallest absolute Gasteiger partial charge is 0.261 e. The topological polar surface area (TPSA) is 52.9 Å². The highest BCUT2D eigenvalue weighted by Gasteiger charge is 2.08. The van der Waals surface area contributed by atoms with Gasteiger partial charge in [-0.1, -0.05) is 51.2 Å². The van der Waals surface area contributed by atoms with E-state index in [-0.39, 0.29) is 5.57 Å². The van der Waals surface area contributed by atoms with Crippen molar-refractivity contribution >= 4 is 12.0 Å². The largest absolute Gasteiger partial charge is 0.351 e. The highest BCUT2D eigenvalue weighted by atomic mass is 19.1. The number of halogens is 1. The maximum atomic E-state index is 13.1. The van der Waals surface area contributed by atoms with Crippen molar-refractivity contribution in [3.05, 3.63) is 41.2 Å². The minimum atomic E-state index is -0.402. The van der Waals surface area contributed by atoms with Crippen LogP contribution in [0, 0.1) is 17.1 Å². The van der Waals surface area contributed by atoms with E-state index in [4.69, 9.17) is 5.26 Å². The van der Waals surface area contributed by atoms with Gasteiger partial charge < -0.3 is 5.32 Å². The first kappa shape index (κ1) is 17.9. The van der Waals surface area contributed by atoms with Gasteiger partial charge in [0.15, 0.2) is 0 Å². The molecule has 0 fully saturated rings. The number of benzene rings is 1. The lowest BCUT2D eigenvalue weighted by molar-refractivity contribution is -0.117. The van der Waals surface area contributed by atoms with Crippen LogP contribution in [0.2, 0.25) is 0 Å². The van der Waals surface area contributed by atoms with Gasteiger partial charge in [0, 0.05) is 6.54 Å². The van der Waals surface area contributed by atoms with Crippen molar-refractivity contribution in [3.63, 3.8) is 0 Å². The molecule has 0 radical (unpaired) electrons. The van der Waals surface area contributed by atoms with Crippen LogP contribution < -0.4 is 5.32 Å². The molecule has 1 aromatic carbocycles. The summed E-state index contributed by atoms with van der Waals surface area (Å²) in [7, 11) is 0. The van der Waals surface area contributed by atoms with Gasteiger partial charge >= 0.3 is 0 Å². The second kappa shape index (κ2) is 10.6. The van der Waals surface area contributed by atoms with Crippen LogP contribution in [0.4, 0.5) is 4.39 Å². The van der Waals surface area contributed by atoms with Gasteiger partial charge in [0.25, 0.3) is 5.91 Å². The van der Waals surface area contributed by atoms with E-state index in [9.17, 15) is 9.18 Å². The molecule has 0 heterocycles. The number of rotatable bonds is 9. The molecular weight excluding hydrogens is 279 g/mol. The summed E-state index contributed by atoms with van der Waals surface area (Å²) in [5, 5.41) is 11.8. The van der Waals surface area contributed by atoms with Crippen LogP contribution in [0.15, 0.2) is 29.8 Å². The lowest BCUT2D eigenvalue weighted by Gasteiger charge is -2.04. The summed E-state index contributed by atoms with van der Waals surface area (Å²) < 4.78 is 13.1. The molecule has 0 saturated heterocycles. The number of nitrogens with zero attached hydrogens (tertiary/aromatic N) is 1. The number of carbonyl (C=O) groups is 1. The second-order valence-electron chi connectivity index (χ2n) is 5.25. The van der Waals surface area contributed by atoms with Crippen molar-refractivity contribution in [1.29, 1.82) is 5.26 Å². The Hall–Kier alpha value is -2.15. The minimum absolute atomic E-state index is 0.00316. The Morgan fingerprint density at radius 3 is 2.68 bits per heavy atom. The average molecular weight is 302 g/mol. The van der Waals surface area contributed by atoms with E-state index in [1.807, 2.05) is 6.07 Å². The third-order valence-electron chi connectivity index (χ3n) is 3.34. The Balaban J connectivity index is 2.40. The summed E-state index contributed by atoms with van der Waals surface area (Å²) in [6.45, 7) is 2.74. The summed E-state index contributed by atoms with van der Waals surface area (Å²) in [5.74, 6) is -0.793. The second-order valence-corrected chi connectivity index (χ2v) is 5.25. The average Bonchev–Trinajstić information content (AvgIpc) is 2.51. The number of amides is 1. The van der Waals surface area contributed by atoms with Crippen LogP contribution in [0.1, 0.15) is 51.0 Å². The molecule has 0 aromatic heterocycles. The molecule has 0 aliphatic carbocycles. The van der Waals surface area contributed by atoms with Gasteiger partial charge in [-0.25, -0.2) is 4.39 Å². The summed E-state index contributed by atoms with van der Waals surface area (Å²) >= 11 is 0. The maximum Gasteiger partial charge on any atom is 0.261 e. The fraction of sp³-hybridized carbons (Fsp3) is 0.444. The highest BCUT2D eigenvalue weighted by Crippen LogP contribution is 2.09. The van der Waals surface area contributed by atoms with E-state index < -0.39 is 11.7 Å². The zero-order valence-corrected chi connectivity index (χ0v) is 13.1. The molecule has 0 unspecified atom stereocenters. The van der Waals surface area contributed by atoms with Crippen molar-refractivity contribution in [2.45, 2.75) is 45.4 Å². The Bertz CT molecular complexity index is 546. The standard InChI is InChI=1S/C18H23FN2O/c1-2-3-4-5-6-7-11-21-18(22)16(14-20)12-15-9-8-10-17(19)13-15/h8-10,12-13H,2-7,11H2,1H3,(H,21,22). The predicted octanol–water partition coefficient (Wildman–Crippen LogP) is 4.21. The summed E-state index contributed by atoms with van der Waals surface area (Å²) in [5.41, 5.74) is 0.503. The fourth-order valence-electron chi connectivity index (χ4n) is 2.11. The van der Waals surface area contributed by atoms with Gasteiger partial charge in [0.1, 0.15) is 17.5 Å². The molecule has 1 amide bonds. The van der Waals surface area contributed by atoms with Crippen LogP contribution >= 0.6 is 0 Å². The molecule has 0 saturated carbocycles. The SMILES string of the molecule is CCCCCCCCNC(=O)C(C#N)=Cc1cccc(F)c1. The summed E-state index contributed by atoms with van der Waals surface area (Å²) in [6.07, 6.45) is 8.26. The van der Waals surface area contributed by atoms with Crippen LogP contribution in [0.25, 0.3) is 6.08 Å². The molecule has 0 atom stereocenters. The van der Waals surface area contributed by atoms with Crippen molar-refractivity contribution in [2.24, 2.45) is 0 Å². The van der Waals surface area contributed by atoms with E-state index in [0.29, 0.717) is 12.1 Å². The molecule has 118 valence electrons. The van der Waals surface area contributed by atoms with E-state index in [2.05, 4.69) is 12.2 Å². The summed E-state index contributed by atoms with van der Waals surface area (Å²) in [4.78, 5) is 11.9. The number of hydrogen-bond donors (Lipinski definition) is 1. The van der Waals surface area contributed by atoms with Gasteiger partial charge in [-0.2, -0.15) is 5.26 Å². The normalized spacial score (nSPS) is 11.0. The Morgan fingerprint density at radius 1 is 1.27 bits per heavy atom. The van der Waals surface area contributed by atoms with Crippen LogP contribution in [-0.2, 0) is 4.79 Å². The van der Waals surface area contributed by atoms with Gasteiger partial charge in [-0.15, -0.1) is 0 Å². The quantitative estimate of drug-likeness (QED) is 0.422. The molecule has 4 heteroatoms. The molecular formula is C18H23FN2O. The zero-order valence-electron chi connectivity index (χ0n) is 13.1. The predicted molar refractivity (Wildman–Crippen MR) is 86.4 cm³/mol. The Labute approximate surface area is 131 Å². The lowest BCUT2D eigenvalue weighted by Crippen LogP contribution is -2.25. The molecule has 0 aliphatic rings. The van der Waals surface area contributed by atoms with E-state index in [1.54, 1.807) is 12.1 Å². The van der Waals surface area contributed by atoms with Crippen LogP contribution in [-0.4, -0.2) is 12.5 Å². The van der Waals surface area contributed by atoms with Crippen LogP contribution in [0.5, 0.6) is 0 Å². The van der Waals surface area contributed by atoms with Crippen molar-refractivity contribution < 1.29 is 9.18 Å². The molecule has 0 aliphatic heterocycles. The van der Waals surface area contributed by atoms with Crippen molar-refractivity contribution in [3.8, 4) is 6.07 Å².